The minimum absolute atomic E-state index is 0.0317. The second-order valence-electron chi connectivity index (χ2n) is 9.22. The maximum atomic E-state index is 12.0. The predicted octanol–water partition coefficient (Wildman–Crippen LogP) is 4.67. The van der Waals surface area contributed by atoms with Crippen LogP contribution in [-0.4, -0.2) is 36.1 Å². The van der Waals surface area contributed by atoms with Gasteiger partial charge in [0.2, 0.25) is 0 Å². The van der Waals surface area contributed by atoms with Gasteiger partial charge in [-0.3, -0.25) is 0 Å². The summed E-state index contributed by atoms with van der Waals surface area (Å²) in [5.74, 6) is 0. The van der Waals surface area contributed by atoms with Gasteiger partial charge in [-0.15, -0.1) is 0 Å². The summed E-state index contributed by atoms with van der Waals surface area (Å²) in [7, 11) is 0. The molecule has 0 amide bonds. The third-order valence-electron chi connectivity index (χ3n) is 4.68. The van der Waals surface area contributed by atoms with E-state index in [2.05, 4.69) is 34.6 Å². The van der Waals surface area contributed by atoms with Crippen molar-refractivity contribution in [3.8, 4) is 0 Å². The smallest absolute Gasteiger partial charge is 0.428 e. The van der Waals surface area contributed by atoms with E-state index in [1.807, 2.05) is 27.7 Å². The first-order valence-corrected chi connectivity index (χ1v) is 8.88. The van der Waals surface area contributed by atoms with Crippen LogP contribution in [0.4, 0.5) is 4.79 Å². The zero-order valence-electron chi connectivity index (χ0n) is 17.2. The number of carbonyl (C=O) groups is 1. The molecule has 0 aliphatic heterocycles. The fourth-order valence-corrected chi connectivity index (χ4v) is 1.87. The first-order valence-electron chi connectivity index (χ1n) is 8.88. The van der Waals surface area contributed by atoms with E-state index in [9.17, 15) is 4.79 Å². The van der Waals surface area contributed by atoms with Crippen molar-refractivity contribution in [1.82, 2.24) is 0 Å². The lowest BCUT2D eigenvalue weighted by molar-refractivity contribution is -0.112. The van der Waals surface area contributed by atoms with Crippen LogP contribution in [0.1, 0.15) is 81.6 Å². The summed E-state index contributed by atoms with van der Waals surface area (Å²) in [5, 5.41) is 0. The Balaban J connectivity index is 4.42. The van der Waals surface area contributed by atoms with Gasteiger partial charge in [0, 0.05) is 6.42 Å². The van der Waals surface area contributed by atoms with E-state index in [0.29, 0.717) is 26.0 Å². The van der Waals surface area contributed by atoms with Crippen LogP contribution in [-0.2, 0) is 14.2 Å². The number of hydrogen-bond donors (Lipinski definition) is 1. The van der Waals surface area contributed by atoms with Gasteiger partial charge < -0.3 is 19.9 Å². The average Bonchev–Trinajstić information content (AvgIpc) is 2.32. The van der Waals surface area contributed by atoms with Gasteiger partial charge >= 0.3 is 6.16 Å². The Labute approximate surface area is 148 Å². The molecule has 0 aliphatic rings. The molecule has 0 saturated carbocycles. The number of hydrogen-bond acceptors (Lipinski definition) is 5. The molecule has 0 aliphatic carbocycles. The van der Waals surface area contributed by atoms with E-state index in [1.54, 1.807) is 0 Å². The molecule has 0 aromatic carbocycles. The highest BCUT2D eigenvalue weighted by Crippen LogP contribution is 2.33. The Kier molecular flexibility index (Phi) is 8.24. The zero-order valence-corrected chi connectivity index (χ0v) is 17.2. The molecule has 0 saturated heterocycles. The fourth-order valence-electron chi connectivity index (χ4n) is 1.87. The van der Waals surface area contributed by atoms with E-state index in [4.69, 9.17) is 19.9 Å². The summed E-state index contributed by atoms with van der Waals surface area (Å²) in [6.45, 7) is 19.2. The van der Waals surface area contributed by atoms with Crippen LogP contribution in [0.5, 0.6) is 0 Å². The molecule has 0 rings (SSSR count). The summed E-state index contributed by atoms with van der Waals surface area (Å²) in [6, 6.07) is 0. The lowest BCUT2D eigenvalue weighted by Gasteiger charge is -2.39. The molecule has 0 atom stereocenters. The normalized spacial score (nSPS) is 13.8. The molecule has 0 heterocycles. The Morgan fingerprint density at radius 1 is 0.833 bits per heavy atom. The molecule has 5 nitrogen and oxygen atoms in total. The van der Waals surface area contributed by atoms with Crippen LogP contribution in [0.2, 0.25) is 0 Å². The monoisotopic (exact) mass is 345 g/mol. The maximum Gasteiger partial charge on any atom is 0.509 e. The van der Waals surface area contributed by atoms with Crippen molar-refractivity contribution in [2.45, 2.75) is 98.4 Å². The van der Waals surface area contributed by atoms with Gasteiger partial charge in [-0.25, -0.2) is 4.79 Å². The molecule has 144 valence electrons. The first kappa shape index (κ1) is 23.2. The van der Waals surface area contributed by atoms with E-state index in [-0.39, 0.29) is 11.0 Å². The third-order valence-corrected chi connectivity index (χ3v) is 4.68. The number of nitrogens with two attached hydrogens (primary N) is 1. The second-order valence-corrected chi connectivity index (χ2v) is 9.22. The van der Waals surface area contributed by atoms with Crippen LogP contribution in [0.25, 0.3) is 0 Å². The highest BCUT2D eigenvalue weighted by Gasteiger charge is 2.35. The predicted molar refractivity (Wildman–Crippen MR) is 98.1 cm³/mol. The van der Waals surface area contributed by atoms with Crippen LogP contribution < -0.4 is 5.73 Å². The minimum atomic E-state index is -0.644. The van der Waals surface area contributed by atoms with Crippen molar-refractivity contribution in [1.29, 1.82) is 0 Å². The van der Waals surface area contributed by atoms with Gasteiger partial charge in [0.05, 0.1) is 12.2 Å². The SMILES string of the molecule is CC(C)(CCCN)OC(=O)OC(C)(C)CCOC(C)(C)C(C)(C)C. The molecular weight excluding hydrogens is 306 g/mol. The standard InChI is InChI=1S/C19H39NO4/c1-16(2,3)19(8,9)22-14-12-18(6,7)24-15(21)23-17(4,5)11-10-13-20/h10-14,20H2,1-9H3. The Morgan fingerprint density at radius 3 is 1.71 bits per heavy atom. The minimum Gasteiger partial charge on any atom is -0.428 e. The maximum absolute atomic E-state index is 12.0. The molecule has 0 radical (unpaired) electrons. The van der Waals surface area contributed by atoms with Gasteiger partial charge in [-0.05, 0) is 66.3 Å². The molecule has 0 unspecified atom stereocenters. The van der Waals surface area contributed by atoms with Crippen LogP contribution in [0, 0.1) is 5.41 Å². The molecule has 0 spiro atoms. The molecule has 5 heteroatoms. The van der Waals surface area contributed by atoms with Gasteiger partial charge in [-0.1, -0.05) is 20.8 Å². The van der Waals surface area contributed by atoms with Gasteiger partial charge in [0.1, 0.15) is 11.2 Å². The van der Waals surface area contributed by atoms with Crippen LogP contribution >= 0.6 is 0 Å². The van der Waals surface area contributed by atoms with Gasteiger partial charge in [-0.2, -0.15) is 0 Å². The van der Waals surface area contributed by atoms with E-state index in [1.165, 1.54) is 0 Å². The van der Waals surface area contributed by atoms with Gasteiger partial charge in [0.25, 0.3) is 0 Å². The Hall–Kier alpha value is -0.810. The summed E-state index contributed by atoms with van der Waals surface area (Å²) < 4.78 is 16.9. The van der Waals surface area contributed by atoms with Crippen LogP contribution in [0.15, 0.2) is 0 Å². The highest BCUT2D eigenvalue weighted by atomic mass is 16.7. The van der Waals surface area contributed by atoms with Crippen molar-refractivity contribution < 1.29 is 19.0 Å². The van der Waals surface area contributed by atoms with Crippen molar-refractivity contribution >= 4 is 6.16 Å². The Bertz CT molecular complexity index is 395. The molecule has 0 fully saturated rings. The third kappa shape index (κ3) is 8.88. The summed E-state index contributed by atoms with van der Waals surface area (Å²) in [5.41, 5.74) is 4.06. The van der Waals surface area contributed by atoms with Crippen LogP contribution in [0.3, 0.4) is 0 Å². The topological polar surface area (TPSA) is 70.8 Å². The summed E-state index contributed by atoms with van der Waals surface area (Å²) >= 11 is 0. The lowest BCUT2D eigenvalue weighted by atomic mass is 9.79. The van der Waals surface area contributed by atoms with Crippen molar-refractivity contribution in [2.75, 3.05) is 13.2 Å². The molecule has 0 aromatic rings. The highest BCUT2D eigenvalue weighted by molar-refractivity contribution is 5.61. The summed E-state index contributed by atoms with van der Waals surface area (Å²) in [6.07, 6.45) is 1.48. The van der Waals surface area contributed by atoms with E-state index in [0.717, 1.165) is 6.42 Å². The Morgan fingerprint density at radius 2 is 1.29 bits per heavy atom. The zero-order chi connectivity index (χ0) is 19.2. The molecule has 2 N–H and O–H groups in total. The van der Waals surface area contributed by atoms with Crippen molar-refractivity contribution in [2.24, 2.45) is 11.1 Å². The first-order chi connectivity index (χ1) is 10.6. The second kappa shape index (κ2) is 8.52. The van der Waals surface area contributed by atoms with E-state index >= 15 is 0 Å². The largest absolute Gasteiger partial charge is 0.509 e. The van der Waals surface area contributed by atoms with Crippen molar-refractivity contribution in [3.05, 3.63) is 0 Å². The van der Waals surface area contributed by atoms with Gasteiger partial charge in [0.15, 0.2) is 0 Å². The lowest BCUT2D eigenvalue weighted by Crippen LogP contribution is -2.41. The number of ether oxygens (including phenoxy) is 3. The molecule has 0 aromatic heterocycles. The average molecular weight is 346 g/mol. The van der Waals surface area contributed by atoms with E-state index < -0.39 is 17.4 Å². The van der Waals surface area contributed by atoms with Crippen molar-refractivity contribution in [3.63, 3.8) is 0 Å². The summed E-state index contributed by atoms with van der Waals surface area (Å²) in [4.78, 5) is 12.0. The number of carbonyl (C=O) groups excluding carboxylic acids is 1. The molecular formula is C19H39NO4. The molecule has 24 heavy (non-hydrogen) atoms. The number of rotatable bonds is 9. The fraction of sp³-hybridized carbons (Fsp3) is 0.947. The quantitative estimate of drug-likeness (QED) is 0.615. The molecule has 0 bridgehead atoms.